The first-order valence-electron chi connectivity index (χ1n) is 5.89. The number of benzene rings is 1. The van der Waals surface area contributed by atoms with Crippen LogP contribution < -0.4 is 5.73 Å². The summed E-state index contributed by atoms with van der Waals surface area (Å²) in [4.78, 5) is -0.497. The molecule has 0 fully saturated rings. The summed E-state index contributed by atoms with van der Waals surface area (Å²) in [5, 5.41) is 3.71. The third kappa shape index (κ3) is 3.29. The lowest BCUT2D eigenvalue weighted by molar-refractivity contribution is 0.466. The van der Waals surface area contributed by atoms with Crippen LogP contribution in [0.5, 0.6) is 0 Å². The van der Waals surface area contributed by atoms with Gasteiger partial charge < -0.3 is 5.73 Å². The van der Waals surface area contributed by atoms with Gasteiger partial charge in [-0.15, -0.1) is 0 Å². The van der Waals surface area contributed by atoms with Gasteiger partial charge in [0, 0.05) is 13.6 Å². The Kier molecular flexibility index (Phi) is 4.72. The van der Waals surface area contributed by atoms with E-state index in [4.69, 9.17) is 18.0 Å². The maximum absolute atomic E-state index is 13.8. The molecule has 1 aromatic heterocycles. The minimum Gasteiger partial charge on any atom is -0.389 e. The number of halogens is 1. The van der Waals surface area contributed by atoms with Gasteiger partial charge in [0.1, 0.15) is 10.8 Å². The van der Waals surface area contributed by atoms with Crippen LogP contribution in [0.25, 0.3) is 0 Å². The molecule has 0 amide bonds. The van der Waals surface area contributed by atoms with E-state index in [-0.39, 0.29) is 22.0 Å². The fourth-order valence-corrected chi connectivity index (χ4v) is 4.15. The minimum absolute atomic E-state index is 0.194. The largest absolute Gasteiger partial charge is 0.389 e. The van der Waals surface area contributed by atoms with Gasteiger partial charge in [-0.3, -0.25) is 0 Å². The molecule has 8 heteroatoms. The molecule has 0 aliphatic rings. The van der Waals surface area contributed by atoms with Gasteiger partial charge in [0.05, 0.1) is 10.5 Å². The summed E-state index contributed by atoms with van der Waals surface area (Å²) in [5.41, 5.74) is 6.07. The molecule has 21 heavy (non-hydrogen) atoms. The maximum atomic E-state index is 13.8. The number of thiocarbonyl (C=S) groups is 1. The van der Waals surface area contributed by atoms with Gasteiger partial charge in [0.2, 0.25) is 10.0 Å². The van der Waals surface area contributed by atoms with Crippen LogP contribution in [0.4, 0.5) is 4.39 Å². The summed E-state index contributed by atoms with van der Waals surface area (Å²) in [6, 6.07) is 5.59. The second-order valence-corrected chi connectivity index (χ2v) is 7.60. The molecule has 0 atom stereocenters. The molecule has 0 unspecified atom stereocenters. The molecule has 4 nitrogen and oxygen atoms in total. The van der Waals surface area contributed by atoms with E-state index in [1.54, 1.807) is 0 Å². The number of rotatable bonds is 5. The first kappa shape index (κ1) is 16.0. The van der Waals surface area contributed by atoms with E-state index in [0.717, 1.165) is 15.9 Å². The number of sulfonamides is 1. The molecule has 112 valence electrons. The van der Waals surface area contributed by atoms with E-state index in [1.807, 2.05) is 16.8 Å². The van der Waals surface area contributed by atoms with E-state index in [2.05, 4.69) is 0 Å². The van der Waals surface area contributed by atoms with Gasteiger partial charge in [-0.05, 0) is 34.5 Å². The molecule has 0 aliphatic carbocycles. The van der Waals surface area contributed by atoms with Crippen molar-refractivity contribution >= 4 is 38.6 Å². The van der Waals surface area contributed by atoms with E-state index in [1.165, 1.54) is 30.5 Å². The standard InChI is InChI=1S/C13H13FN2O2S3/c1-16(7-9-5-6-20-8-9)21(17,18)11-4-2-3-10(14)12(11)13(15)19/h2-6,8H,7H2,1H3,(H2,15,19). The Morgan fingerprint density at radius 3 is 2.71 bits per heavy atom. The van der Waals surface area contributed by atoms with Crippen LogP contribution in [-0.2, 0) is 16.6 Å². The van der Waals surface area contributed by atoms with E-state index < -0.39 is 15.8 Å². The second kappa shape index (κ2) is 6.18. The number of nitrogens with zero attached hydrogens (tertiary/aromatic N) is 1. The predicted octanol–water partition coefficient (Wildman–Crippen LogP) is 2.34. The summed E-state index contributed by atoms with van der Waals surface area (Å²) in [7, 11) is -2.45. The van der Waals surface area contributed by atoms with E-state index >= 15 is 0 Å². The Labute approximate surface area is 132 Å². The average Bonchev–Trinajstić information content (AvgIpc) is 2.90. The first-order chi connectivity index (χ1) is 9.84. The molecule has 0 bridgehead atoms. The highest BCUT2D eigenvalue weighted by Crippen LogP contribution is 2.23. The second-order valence-electron chi connectivity index (χ2n) is 4.37. The fourth-order valence-electron chi connectivity index (χ4n) is 1.85. The summed E-state index contributed by atoms with van der Waals surface area (Å²) >= 11 is 6.24. The number of hydrogen-bond acceptors (Lipinski definition) is 4. The first-order valence-corrected chi connectivity index (χ1v) is 8.69. The quantitative estimate of drug-likeness (QED) is 0.846. The molecule has 0 spiro atoms. The van der Waals surface area contributed by atoms with Crippen LogP contribution in [-0.4, -0.2) is 24.8 Å². The number of hydrogen-bond donors (Lipinski definition) is 1. The third-order valence-corrected chi connectivity index (χ3v) is 5.68. The molecule has 0 saturated heterocycles. The van der Waals surface area contributed by atoms with Crippen LogP contribution in [0.2, 0.25) is 0 Å². The summed E-state index contributed by atoms with van der Waals surface area (Å²) in [6.07, 6.45) is 0. The monoisotopic (exact) mass is 344 g/mol. The molecule has 0 radical (unpaired) electrons. The van der Waals surface area contributed by atoms with Crippen molar-refractivity contribution in [3.05, 3.63) is 52.0 Å². The lowest BCUT2D eigenvalue weighted by atomic mass is 10.2. The Morgan fingerprint density at radius 1 is 1.43 bits per heavy atom. The molecule has 2 rings (SSSR count). The van der Waals surface area contributed by atoms with Gasteiger partial charge in [-0.1, -0.05) is 18.3 Å². The lowest BCUT2D eigenvalue weighted by Crippen LogP contribution is -2.29. The van der Waals surface area contributed by atoms with Crippen molar-refractivity contribution in [2.75, 3.05) is 7.05 Å². The summed E-state index contributed by atoms with van der Waals surface area (Å²) in [5.74, 6) is -0.743. The summed E-state index contributed by atoms with van der Waals surface area (Å²) in [6.45, 7) is 0.194. The van der Waals surface area contributed by atoms with Crippen molar-refractivity contribution in [3.8, 4) is 0 Å². The molecular formula is C13H13FN2O2S3. The van der Waals surface area contributed by atoms with Gasteiger partial charge in [0.25, 0.3) is 0 Å². The molecular weight excluding hydrogens is 331 g/mol. The Bertz CT molecular complexity index is 758. The highest BCUT2D eigenvalue weighted by Gasteiger charge is 2.27. The van der Waals surface area contributed by atoms with Crippen LogP contribution in [0.15, 0.2) is 39.9 Å². The van der Waals surface area contributed by atoms with Crippen LogP contribution >= 0.6 is 23.6 Å². The molecule has 1 aromatic carbocycles. The van der Waals surface area contributed by atoms with Crippen LogP contribution in [0, 0.1) is 5.82 Å². The minimum atomic E-state index is -3.88. The highest BCUT2D eigenvalue weighted by atomic mass is 32.2. The Hall–Kier alpha value is -1.35. The molecule has 2 N–H and O–H groups in total. The van der Waals surface area contributed by atoms with Crippen molar-refractivity contribution in [2.45, 2.75) is 11.4 Å². The van der Waals surface area contributed by atoms with Gasteiger partial charge in [-0.2, -0.15) is 15.6 Å². The van der Waals surface area contributed by atoms with Gasteiger partial charge in [0.15, 0.2) is 0 Å². The predicted molar refractivity (Wildman–Crippen MR) is 85.3 cm³/mol. The Balaban J connectivity index is 2.44. The zero-order valence-corrected chi connectivity index (χ0v) is 13.6. The maximum Gasteiger partial charge on any atom is 0.243 e. The molecule has 2 aromatic rings. The van der Waals surface area contributed by atoms with Crippen LogP contribution in [0.3, 0.4) is 0 Å². The van der Waals surface area contributed by atoms with Crippen molar-refractivity contribution in [2.24, 2.45) is 5.73 Å². The fraction of sp³-hybridized carbons (Fsp3) is 0.154. The van der Waals surface area contributed by atoms with Crippen LogP contribution in [0.1, 0.15) is 11.1 Å². The third-order valence-electron chi connectivity index (χ3n) is 2.90. The number of thiophene rings is 1. The SMILES string of the molecule is CN(Cc1ccsc1)S(=O)(=O)c1cccc(F)c1C(N)=S. The van der Waals surface area contributed by atoms with E-state index in [0.29, 0.717) is 0 Å². The van der Waals surface area contributed by atoms with Gasteiger partial charge >= 0.3 is 0 Å². The van der Waals surface area contributed by atoms with Crippen molar-refractivity contribution < 1.29 is 12.8 Å². The molecule has 0 aliphatic heterocycles. The normalized spacial score (nSPS) is 11.8. The zero-order valence-electron chi connectivity index (χ0n) is 11.1. The van der Waals surface area contributed by atoms with E-state index in [9.17, 15) is 12.8 Å². The van der Waals surface area contributed by atoms with Gasteiger partial charge in [-0.25, -0.2) is 12.8 Å². The zero-order chi connectivity index (χ0) is 15.6. The smallest absolute Gasteiger partial charge is 0.243 e. The topological polar surface area (TPSA) is 63.4 Å². The van der Waals surface area contributed by atoms with Crippen molar-refractivity contribution in [1.29, 1.82) is 0 Å². The summed E-state index contributed by atoms with van der Waals surface area (Å²) < 4.78 is 40.1. The number of nitrogens with two attached hydrogens (primary N) is 1. The Morgan fingerprint density at radius 2 is 2.14 bits per heavy atom. The lowest BCUT2D eigenvalue weighted by Gasteiger charge is -2.18. The van der Waals surface area contributed by atoms with Crippen molar-refractivity contribution in [1.82, 2.24) is 4.31 Å². The molecule has 1 heterocycles. The highest BCUT2D eigenvalue weighted by molar-refractivity contribution is 7.89. The average molecular weight is 344 g/mol. The molecule has 0 saturated carbocycles. The van der Waals surface area contributed by atoms with Crippen molar-refractivity contribution in [3.63, 3.8) is 0 Å².